The molecule has 20 heavy (non-hydrogen) atoms. The summed E-state index contributed by atoms with van der Waals surface area (Å²) in [6, 6.07) is 10.3. The molecule has 0 aliphatic heterocycles. The quantitative estimate of drug-likeness (QED) is 0.842. The van der Waals surface area contributed by atoms with Crippen molar-refractivity contribution >= 4 is 0 Å². The number of benzene rings is 1. The molecule has 1 aromatic carbocycles. The van der Waals surface area contributed by atoms with E-state index in [4.69, 9.17) is 5.11 Å². The SMILES string of the molecule is CCCN(CCO)Cc1cnc(C)n1-c1ccccc1. The first-order chi connectivity index (χ1) is 9.76. The summed E-state index contributed by atoms with van der Waals surface area (Å²) in [5, 5.41) is 9.17. The number of aliphatic hydroxyl groups is 1. The molecular formula is C16H23N3O. The number of hydrogen-bond donors (Lipinski definition) is 1. The van der Waals surface area contributed by atoms with Crippen LogP contribution in [-0.4, -0.2) is 39.3 Å². The lowest BCUT2D eigenvalue weighted by Gasteiger charge is -2.21. The van der Waals surface area contributed by atoms with E-state index in [2.05, 4.69) is 33.5 Å². The van der Waals surface area contributed by atoms with Crippen molar-refractivity contribution < 1.29 is 5.11 Å². The molecular weight excluding hydrogens is 250 g/mol. The Balaban J connectivity index is 2.24. The third-order valence-electron chi connectivity index (χ3n) is 3.37. The lowest BCUT2D eigenvalue weighted by atomic mass is 10.3. The largest absolute Gasteiger partial charge is 0.395 e. The van der Waals surface area contributed by atoms with Gasteiger partial charge in [0.1, 0.15) is 5.82 Å². The van der Waals surface area contributed by atoms with Crippen molar-refractivity contribution in [1.82, 2.24) is 14.5 Å². The van der Waals surface area contributed by atoms with Gasteiger partial charge >= 0.3 is 0 Å². The average molecular weight is 273 g/mol. The van der Waals surface area contributed by atoms with Crippen molar-refractivity contribution in [3.8, 4) is 5.69 Å². The highest BCUT2D eigenvalue weighted by molar-refractivity contribution is 5.35. The molecule has 0 radical (unpaired) electrons. The van der Waals surface area contributed by atoms with Crippen molar-refractivity contribution in [2.75, 3.05) is 19.7 Å². The average Bonchev–Trinajstić information content (AvgIpc) is 2.81. The lowest BCUT2D eigenvalue weighted by molar-refractivity contribution is 0.188. The van der Waals surface area contributed by atoms with Crippen LogP contribution >= 0.6 is 0 Å². The third kappa shape index (κ3) is 3.46. The number of para-hydroxylation sites is 1. The van der Waals surface area contributed by atoms with Crippen LogP contribution in [0.25, 0.3) is 5.69 Å². The lowest BCUT2D eigenvalue weighted by Crippen LogP contribution is -2.28. The Kier molecular flexibility index (Phi) is 5.32. The topological polar surface area (TPSA) is 41.3 Å². The van der Waals surface area contributed by atoms with Gasteiger partial charge in [0.15, 0.2) is 0 Å². The first-order valence-corrected chi connectivity index (χ1v) is 7.18. The highest BCUT2D eigenvalue weighted by Crippen LogP contribution is 2.16. The number of aliphatic hydroxyl groups excluding tert-OH is 1. The summed E-state index contributed by atoms with van der Waals surface area (Å²) < 4.78 is 2.18. The van der Waals surface area contributed by atoms with E-state index in [-0.39, 0.29) is 6.61 Å². The van der Waals surface area contributed by atoms with E-state index < -0.39 is 0 Å². The zero-order valence-electron chi connectivity index (χ0n) is 12.3. The summed E-state index contributed by atoms with van der Waals surface area (Å²) in [7, 11) is 0. The summed E-state index contributed by atoms with van der Waals surface area (Å²) in [5.74, 6) is 0.992. The Labute approximate surface area is 120 Å². The summed E-state index contributed by atoms with van der Waals surface area (Å²) in [4.78, 5) is 6.70. The molecule has 0 unspecified atom stereocenters. The molecule has 1 aromatic heterocycles. The van der Waals surface area contributed by atoms with Gasteiger partial charge in [-0.3, -0.25) is 9.47 Å². The van der Waals surface area contributed by atoms with Crippen LogP contribution in [0, 0.1) is 6.92 Å². The van der Waals surface area contributed by atoms with Gasteiger partial charge in [0.2, 0.25) is 0 Å². The second kappa shape index (κ2) is 7.22. The monoisotopic (exact) mass is 273 g/mol. The van der Waals surface area contributed by atoms with Crippen molar-refractivity contribution in [2.45, 2.75) is 26.8 Å². The molecule has 0 saturated carbocycles. The van der Waals surface area contributed by atoms with E-state index in [1.165, 1.54) is 0 Å². The minimum atomic E-state index is 0.193. The molecule has 0 atom stereocenters. The molecule has 4 heteroatoms. The van der Waals surface area contributed by atoms with Crippen molar-refractivity contribution in [3.63, 3.8) is 0 Å². The fourth-order valence-electron chi connectivity index (χ4n) is 2.49. The molecule has 0 aliphatic rings. The van der Waals surface area contributed by atoms with Gasteiger partial charge in [0.25, 0.3) is 0 Å². The predicted molar refractivity (Wildman–Crippen MR) is 81.0 cm³/mol. The zero-order chi connectivity index (χ0) is 14.4. The highest BCUT2D eigenvalue weighted by atomic mass is 16.3. The standard InChI is InChI=1S/C16H23N3O/c1-3-9-18(10-11-20)13-16-12-17-14(2)19(16)15-7-5-4-6-8-15/h4-8,12,20H,3,9-11,13H2,1-2H3. The molecule has 1 N–H and O–H groups in total. The highest BCUT2D eigenvalue weighted by Gasteiger charge is 2.12. The van der Waals surface area contributed by atoms with E-state index in [9.17, 15) is 0 Å². The van der Waals surface area contributed by atoms with Crippen LogP contribution in [0.15, 0.2) is 36.5 Å². The summed E-state index contributed by atoms with van der Waals surface area (Å²) in [6.45, 7) is 6.87. The van der Waals surface area contributed by atoms with Crippen LogP contribution < -0.4 is 0 Å². The predicted octanol–water partition coefficient (Wildman–Crippen LogP) is 2.39. The van der Waals surface area contributed by atoms with Crippen LogP contribution in [0.1, 0.15) is 24.9 Å². The summed E-state index contributed by atoms with van der Waals surface area (Å²) in [6.07, 6.45) is 3.01. The van der Waals surface area contributed by atoms with E-state index in [1.54, 1.807) is 0 Å². The second-order valence-electron chi connectivity index (χ2n) is 4.97. The van der Waals surface area contributed by atoms with Crippen LogP contribution in [0.2, 0.25) is 0 Å². The molecule has 0 aliphatic carbocycles. The molecule has 4 nitrogen and oxygen atoms in total. The summed E-state index contributed by atoms with van der Waals surface area (Å²) >= 11 is 0. The zero-order valence-corrected chi connectivity index (χ0v) is 12.3. The molecule has 1 heterocycles. The number of aromatic nitrogens is 2. The smallest absolute Gasteiger partial charge is 0.110 e. The molecule has 0 saturated heterocycles. The van der Waals surface area contributed by atoms with Gasteiger partial charge in [-0.15, -0.1) is 0 Å². The molecule has 108 valence electrons. The van der Waals surface area contributed by atoms with Crippen LogP contribution in [0.4, 0.5) is 0 Å². The molecule has 0 bridgehead atoms. The second-order valence-corrected chi connectivity index (χ2v) is 4.97. The normalized spacial score (nSPS) is 11.2. The van der Waals surface area contributed by atoms with E-state index in [0.29, 0.717) is 6.54 Å². The van der Waals surface area contributed by atoms with E-state index in [1.807, 2.05) is 31.3 Å². The van der Waals surface area contributed by atoms with Gasteiger partial charge in [-0.1, -0.05) is 25.1 Å². The van der Waals surface area contributed by atoms with Gasteiger partial charge in [-0.2, -0.15) is 0 Å². The number of aryl methyl sites for hydroxylation is 1. The number of nitrogens with zero attached hydrogens (tertiary/aromatic N) is 3. The molecule has 0 fully saturated rings. The van der Waals surface area contributed by atoms with Crippen molar-refractivity contribution in [2.24, 2.45) is 0 Å². The maximum atomic E-state index is 9.17. The van der Waals surface area contributed by atoms with Gasteiger partial charge in [-0.05, 0) is 32.0 Å². The van der Waals surface area contributed by atoms with E-state index >= 15 is 0 Å². The van der Waals surface area contributed by atoms with Crippen LogP contribution in [-0.2, 0) is 6.54 Å². The Morgan fingerprint density at radius 2 is 1.95 bits per heavy atom. The van der Waals surface area contributed by atoms with Gasteiger partial charge in [-0.25, -0.2) is 4.98 Å². The fourth-order valence-corrected chi connectivity index (χ4v) is 2.49. The first kappa shape index (κ1) is 14.8. The molecule has 0 spiro atoms. The Bertz CT molecular complexity index is 516. The minimum absolute atomic E-state index is 0.193. The maximum Gasteiger partial charge on any atom is 0.110 e. The fraction of sp³-hybridized carbons (Fsp3) is 0.438. The first-order valence-electron chi connectivity index (χ1n) is 7.18. The molecule has 2 aromatic rings. The Morgan fingerprint density at radius 1 is 1.20 bits per heavy atom. The van der Waals surface area contributed by atoms with Crippen molar-refractivity contribution in [3.05, 3.63) is 48.0 Å². The van der Waals surface area contributed by atoms with Gasteiger partial charge in [0, 0.05) is 18.8 Å². The number of hydrogen-bond acceptors (Lipinski definition) is 3. The van der Waals surface area contributed by atoms with Crippen molar-refractivity contribution in [1.29, 1.82) is 0 Å². The Morgan fingerprint density at radius 3 is 2.60 bits per heavy atom. The Hall–Kier alpha value is -1.65. The van der Waals surface area contributed by atoms with E-state index in [0.717, 1.165) is 36.7 Å². The summed E-state index contributed by atoms with van der Waals surface area (Å²) in [5.41, 5.74) is 2.30. The number of rotatable bonds is 7. The molecule has 0 amide bonds. The third-order valence-corrected chi connectivity index (χ3v) is 3.37. The van der Waals surface area contributed by atoms with Crippen LogP contribution in [0.5, 0.6) is 0 Å². The molecule has 2 rings (SSSR count). The van der Waals surface area contributed by atoms with Gasteiger partial charge < -0.3 is 5.11 Å². The minimum Gasteiger partial charge on any atom is -0.395 e. The number of imidazole rings is 1. The van der Waals surface area contributed by atoms with Gasteiger partial charge in [0.05, 0.1) is 18.5 Å². The van der Waals surface area contributed by atoms with Crippen LogP contribution in [0.3, 0.4) is 0 Å². The maximum absolute atomic E-state index is 9.17.